The summed E-state index contributed by atoms with van der Waals surface area (Å²) < 4.78 is 10.9. The molecule has 0 amide bonds. The van der Waals surface area contributed by atoms with Crippen LogP contribution in [0.15, 0.2) is 72.8 Å². The van der Waals surface area contributed by atoms with Gasteiger partial charge in [-0.05, 0) is 111 Å². The third-order valence-electron chi connectivity index (χ3n) is 12.8. The van der Waals surface area contributed by atoms with Gasteiger partial charge in [-0.25, -0.2) is 0 Å². The van der Waals surface area contributed by atoms with Crippen molar-refractivity contribution in [1.82, 2.24) is 9.97 Å². The van der Waals surface area contributed by atoms with Gasteiger partial charge in [0.25, 0.3) is 0 Å². The van der Waals surface area contributed by atoms with E-state index in [0.717, 1.165) is 114 Å². The summed E-state index contributed by atoms with van der Waals surface area (Å²) in [5.41, 5.74) is 15.7. The van der Waals surface area contributed by atoms with E-state index in [1.54, 1.807) is 0 Å². The maximum absolute atomic E-state index is 6.41. The lowest BCUT2D eigenvalue weighted by molar-refractivity contribution is 0.122. The van der Waals surface area contributed by atoms with E-state index in [9.17, 15) is 0 Å². The van der Waals surface area contributed by atoms with Gasteiger partial charge in [0, 0.05) is 105 Å². The van der Waals surface area contributed by atoms with Gasteiger partial charge in [-0.15, -0.1) is 0 Å². The Kier molecular flexibility index (Phi) is 12.4. The van der Waals surface area contributed by atoms with Crippen molar-refractivity contribution in [3.05, 3.63) is 122 Å². The normalized spacial score (nSPS) is 17.6. The maximum atomic E-state index is 6.41. The fourth-order valence-electron chi connectivity index (χ4n) is 8.99. The van der Waals surface area contributed by atoms with E-state index < -0.39 is 0 Å². The van der Waals surface area contributed by atoms with Crippen LogP contribution in [0, 0.1) is 27.7 Å². The molecule has 4 aromatic carbocycles. The molecule has 10 rings (SSSR count). The van der Waals surface area contributed by atoms with E-state index in [4.69, 9.17) is 49.3 Å². The molecule has 0 unspecified atom stereocenters. The summed E-state index contributed by atoms with van der Waals surface area (Å²) in [6.45, 7) is 26.6. The van der Waals surface area contributed by atoms with Crippen molar-refractivity contribution in [3.8, 4) is 0 Å². The molecule has 1 N–H and O–H groups in total. The summed E-state index contributed by atoms with van der Waals surface area (Å²) >= 11 is 18.5. The van der Waals surface area contributed by atoms with Crippen LogP contribution in [0.1, 0.15) is 61.3 Å². The zero-order valence-corrected chi connectivity index (χ0v) is 39.0. The van der Waals surface area contributed by atoms with Crippen LogP contribution in [0.4, 0.5) is 28.4 Å². The first kappa shape index (κ1) is 43.3. The predicted octanol–water partition coefficient (Wildman–Crippen LogP) is 12.2. The van der Waals surface area contributed by atoms with Gasteiger partial charge < -0.3 is 29.5 Å². The Labute approximate surface area is 376 Å². The topological polar surface area (TPSA) is 66.0 Å². The Morgan fingerprint density at radius 2 is 1.11 bits per heavy atom. The van der Waals surface area contributed by atoms with Crippen LogP contribution in [-0.4, -0.2) is 75.7 Å². The lowest BCUT2D eigenvalue weighted by Gasteiger charge is -2.30. The zero-order valence-electron chi connectivity index (χ0n) is 36.7. The van der Waals surface area contributed by atoms with Crippen LogP contribution in [-0.2, 0) is 20.3 Å². The maximum Gasteiger partial charge on any atom is 0.0727 e. The molecule has 0 spiro atoms. The number of benzene rings is 4. The van der Waals surface area contributed by atoms with Crippen molar-refractivity contribution < 1.29 is 9.47 Å². The first-order valence-corrected chi connectivity index (χ1v) is 22.5. The van der Waals surface area contributed by atoms with Crippen molar-refractivity contribution >= 4 is 85.0 Å². The minimum absolute atomic E-state index is 0.0629. The molecule has 4 aliphatic heterocycles. The van der Waals surface area contributed by atoms with Crippen molar-refractivity contribution in [1.29, 1.82) is 0 Å². The van der Waals surface area contributed by atoms with Gasteiger partial charge in [-0.2, -0.15) is 0 Å². The first-order chi connectivity index (χ1) is 29.1. The number of fused-ring (bicyclic) bond motifs is 4. The summed E-state index contributed by atoms with van der Waals surface area (Å²) in [7, 11) is 0. The number of nitrogens with zero attached hydrogens (tertiary/aromatic N) is 5. The average Bonchev–Trinajstić information content (AvgIpc) is 3.71. The van der Waals surface area contributed by atoms with Gasteiger partial charge in [0.1, 0.15) is 0 Å². The zero-order chi connectivity index (χ0) is 43.2. The Morgan fingerprint density at radius 3 is 1.72 bits per heavy atom. The smallest absolute Gasteiger partial charge is 0.0727 e. The van der Waals surface area contributed by atoms with E-state index in [1.807, 2.05) is 44.2 Å². The lowest BCUT2D eigenvalue weighted by Crippen LogP contribution is -2.36. The van der Waals surface area contributed by atoms with Crippen LogP contribution in [0.5, 0.6) is 0 Å². The van der Waals surface area contributed by atoms with Crippen LogP contribution in [0.3, 0.4) is 0 Å². The second-order valence-corrected chi connectivity index (χ2v) is 19.2. The number of ether oxygens (including phenoxy) is 2. The van der Waals surface area contributed by atoms with Gasteiger partial charge >= 0.3 is 0 Å². The van der Waals surface area contributed by atoms with Crippen molar-refractivity contribution in [3.63, 3.8) is 0 Å². The predicted molar refractivity (Wildman–Crippen MR) is 258 cm³/mol. The molecule has 0 atom stereocenters. The van der Waals surface area contributed by atoms with E-state index in [1.165, 1.54) is 45.1 Å². The highest BCUT2D eigenvalue weighted by molar-refractivity contribution is 6.37. The first-order valence-electron chi connectivity index (χ1n) is 21.4. The van der Waals surface area contributed by atoms with E-state index >= 15 is 0 Å². The number of hydrogen-bond donors (Lipinski definition) is 1. The van der Waals surface area contributed by atoms with Gasteiger partial charge in [0.15, 0.2) is 0 Å². The molecule has 61 heavy (non-hydrogen) atoms. The molecule has 2 fully saturated rings. The highest BCUT2D eigenvalue weighted by Gasteiger charge is 2.38. The van der Waals surface area contributed by atoms with Crippen molar-refractivity contribution in [2.24, 2.45) is 0 Å². The molecule has 4 aliphatic rings. The molecule has 2 aromatic heterocycles. The summed E-state index contributed by atoms with van der Waals surface area (Å²) in [5, 5.41) is 7.72. The summed E-state index contributed by atoms with van der Waals surface area (Å²) in [5.74, 6) is 0. The third-order valence-corrected chi connectivity index (χ3v) is 13.7. The minimum atomic E-state index is 0.0629. The molecule has 0 radical (unpaired) electrons. The van der Waals surface area contributed by atoms with Crippen LogP contribution in [0.2, 0.25) is 15.1 Å². The number of aryl methyl sites for hydroxylation is 2. The number of hydrogen-bond acceptors (Lipinski definition) is 8. The standard InChI is InChI=1S/C25H28ClN3O.C14H20N2O.C11H9Cl2N/c1-16-17(2)27-22-8-5-18(26)13-20(22)24(16)29-15-25(3,4)21-7-6-19(14-23(21)29)28-9-11-30-12-10-28;1-14(2)10-15-13-9-11(3-4-12(13)14)16-5-7-17-8-6-16;1-6-7(2)14-10-4-3-8(12)5-9(10)11(6)13/h5-8,13-14H,9-12,15H2,1-4H3;3-4,9,15H,5-8,10H2,1-2H3;3-5H,1-2H3. The van der Waals surface area contributed by atoms with Crippen molar-refractivity contribution in [2.45, 2.75) is 66.2 Å². The number of anilines is 5. The number of morpholine rings is 2. The van der Waals surface area contributed by atoms with Crippen LogP contribution < -0.4 is 20.0 Å². The molecule has 0 aliphatic carbocycles. The Balaban J connectivity index is 0.000000140. The van der Waals surface area contributed by atoms with Crippen LogP contribution >= 0.6 is 34.8 Å². The number of halogens is 3. The number of rotatable bonds is 3. The second kappa shape index (κ2) is 17.5. The quantitative estimate of drug-likeness (QED) is 0.189. The highest BCUT2D eigenvalue weighted by atomic mass is 35.5. The molecule has 11 heteroatoms. The molecule has 6 aromatic rings. The lowest BCUT2D eigenvalue weighted by atomic mass is 9.87. The van der Waals surface area contributed by atoms with Gasteiger partial charge in [-0.3, -0.25) is 9.97 Å². The molecule has 320 valence electrons. The molecule has 0 bridgehead atoms. The van der Waals surface area contributed by atoms with Gasteiger partial charge in [-0.1, -0.05) is 74.6 Å². The molecular formula is C50H57Cl3N6O2. The largest absolute Gasteiger partial charge is 0.384 e. The van der Waals surface area contributed by atoms with Gasteiger partial charge in [0.05, 0.1) is 48.2 Å². The Hall–Kier alpha value is -4.31. The summed E-state index contributed by atoms with van der Waals surface area (Å²) in [6.07, 6.45) is 0. The summed E-state index contributed by atoms with van der Waals surface area (Å²) in [4.78, 5) is 16.6. The molecule has 0 saturated carbocycles. The monoisotopic (exact) mass is 878 g/mol. The average molecular weight is 880 g/mol. The third kappa shape index (κ3) is 8.85. The van der Waals surface area contributed by atoms with Crippen molar-refractivity contribution in [2.75, 3.05) is 85.7 Å². The number of nitrogens with one attached hydrogen (secondary N) is 1. The molecule has 6 heterocycles. The van der Waals surface area contributed by atoms with E-state index in [0.29, 0.717) is 5.02 Å². The number of aromatic nitrogens is 2. The summed E-state index contributed by atoms with van der Waals surface area (Å²) in [6, 6.07) is 25.3. The Bertz CT molecular complexity index is 2600. The van der Waals surface area contributed by atoms with E-state index in [2.05, 4.69) is 109 Å². The SMILES string of the molecule is CC1(C)CNc2cc(N3CCOCC3)ccc21.Cc1nc2ccc(Cl)cc2c(Cl)c1C.Cc1nc2ccc(Cl)cc2c(N2CC(C)(C)c3ccc(N4CCOCC4)cc32)c1C. The highest BCUT2D eigenvalue weighted by Crippen LogP contribution is 2.49. The fraction of sp³-hybridized carbons (Fsp3) is 0.400. The molecule has 2 saturated heterocycles. The van der Waals surface area contributed by atoms with Crippen LogP contribution in [0.25, 0.3) is 21.8 Å². The van der Waals surface area contributed by atoms with E-state index in [-0.39, 0.29) is 10.8 Å². The Morgan fingerprint density at radius 1 is 0.590 bits per heavy atom. The fourth-order valence-corrected chi connectivity index (χ4v) is 9.62. The molecular weight excluding hydrogens is 823 g/mol. The second-order valence-electron chi connectivity index (χ2n) is 18.0. The minimum Gasteiger partial charge on any atom is -0.384 e. The van der Waals surface area contributed by atoms with Gasteiger partial charge in [0.2, 0.25) is 0 Å². The molecule has 8 nitrogen and oxygen atoms in total. The number of pyridine rings is 2.